The second kappa shape index (κ2) is 8.37. The summed E-state index contributed by atoms with van der Waals surface area (Å²) in [5, 5.41) is 0.155. The Hall–Kier alpha value is -2.31. The Morgan fingerprint density at radius 1 is 1.04 bits per heavy atom. The average molecular weight is 409 g/mol. The summed E-state index contributed by atoms with van der Waals surface area (Å²) in [4.78, 5) is 16.9. The molecule has 0 unspecified atom stereocenters. The molecule has 0 aliphatic carbocycles. The van der Waals surface area contributed by atoms with Gasteiger partial charge in [-0.1, -0.05) is 11.6 Å². The van der Waals surface area contributed by atoms with Gasteiger partial charge in [-0.15, -0.1) is 0 Å². The summed E-state index contributed by atoms with van der Waals surface area (Å²) in [6.45, 7) is 3.83. The first kappa shape index (κ1) is 20.4. The number of hydrogen-bond acceptors (Lipinski definition) is 3. The second-order valence-electron chi connectivity index (χ2n) is 6.77. The zero-order valence-corrected chi connectivity index (χ0v) is 16.1. The molecule has 3 rings (SSSR count). The molecule has 2 aromatic carbocycles. The highest BCUT2D eigenvalue weighted by molar-refractivity contribution is 6.32. The van der Waals surface area contributed by atoms with Crippen molar-refractivity contribution in [2.24, 2.45) is 0 Å². The minimum Gasteiger partial charge on any atom is -0.369 e. The van der Waals surface area contributed by atoms with Crippen LogP contribution in [0.25, 0.3) is 6.08 Å². The van der Waals surface area contributed by atoms with Gasteiger partial charge < -0.3 is 9.80 Å². The molecule has 0 radical (unpaired) electrons. The van der Waals surface area contributed by atoms with Gasteiger partial charge in [-0.25, -0.2) is 0 Å². The van der Waals surface area contributed by atoms with Crippen LogP contribution in [0.4, 0.5) is 18.9 Å². The number of piperazine rings is 1. The molecule has 1 aliphatic heterocycles. The first-order valence-corrected chi connectivity index (χ1v) is 9.24. The van der Waals surface area contributed by atoms with Crippen molar-refractivity contribution in [2.75, 3.05) is 38.1 Å². The molecule has 148 valence electrons. The summed E-state index contributed by atoms with van der Waals surface area (Å²) < 4.78 is 38.5. The lowest BCUT2D eigenvalue weighted by Gasteiger charge is -2.34. The third kappa shape index (κ3) is 4.94. The topological polar surface area (TPSA) is 23.6 Å². The maximum Gasteiger partial charge on any atom is 0.416 e. The molecule has 0 N–H and O–H groups in total. The highest BCUT2D eigenvalue weighted by atomic mass is 35.5. The summed E-state index contributed by atoms with van der Waals surface area (Å²) in [6.07, 6.45) is -1.91. The molecule has 1 aliphatic rings. The number of allylic oxidation sites excluding steroid dienone is 1. The van der Waals surface area contributed by atoms with Gasteiger partial charge in [-0.3, -0.25) is 4.79 Å². The zero-order chi connectivity index (χ0) is 20.3. The van der Waals surface area contributed by atoms with Crippen molar-refractivity contribution in [3.05, 3.63) is 70.3 Å². The van der Waals surface area contributed by atoms with Crippen molar-refractivity contribution in [2.45, 2.75) is 6.18 Å². The predicted octanol–water partition coefficient (Wildman–Crippen LogP) is 5.01. The first-order valence-electron chi connectivity index (χ1n) is 8.87. The Bertz CT molecular complexity index is 870. The van der Waals surface area contributed by atoms with Crippen LogP contribution in [-0.2, 0) is 6.18 Å². The summed E-state index contributed by atoms with van der Waals surface area (Å²) >= 11 is 5.95. The number of alkyl halides is 3. The van der Waals surface area contributed by atoms with Gasteiger partial charge in [0, 0.05) is 42.5 Å². The summed E-state index contributed by atoms with van der Waals surface area (Å²) in [7, 11) is 2.09. The highest BCUT2D eigenvalue weighted by Gasteiger charge is 2.30. The average Bonchev–Trinajstić information content (AvgIpc) is 2.67. The Morgan fingerprint density at radius 3 is 2.29 bits per heavy atom. The van der Waals surface area contributed by atoms with Crippen LogP contribution >= 0.6 is 11.6 Å². The molecule has 0 atom stereocenters. The van der Waals surface area contributed by atoms with E-state index >= 15 is 0 Å². The molecule has 3 nitrogen and oxygen atoms in total. The third-order valence-corrected chi connectivity index (χ3v) is 5.10. The Kier molecular flexibility index (Phi) is 6.10. The molecule has 28 heavy (non-hydrogen) atoms. The van der Waals surface area contributed by atoms with Crippen molar-refractivity contribution in [1.29, 1.82) is 0 Å². The number of ketones is 1. The van der Waals surface area contributed by atoms with Crippen LogP contribution in [0, 0.1) is 0 Å². The smallest absolute Gasteiger partial charge is 0.369 e. The molecular formula is C21H20ClF3N2O. The van der Waals surface area contributed by atoms with E-state index in [1.165, 1.54) is 18.2 Å². The first-order chi connectivity index (χ1) is 13.2. The predicted molar refractivity (Wildman–Crippen MR) is 106 cm³/mol. The van der Waals surface area contributed by atoms with E-state index in [0.29, 0.717) is 5.56 Å². The van der Waals surface area contributed by atoms with Crippen LogP contribution in [0.1, 0.15) is 21.5 Å². The SMILES string of the molecule is CN1CCN(c2ccc(C(=O)/C=C/c3cc(C(F)(F)F)ccc3Cl)cc2)CC1. The number of rotatable bonds is 4. The van der Waals surface area contributed by atoms with E-state index in [1.54, 1.807) is 12.1 Å². The lowest BCUT2D eigenvalue weighted by molar-refractivity contribution is -0.137. The van der Waals surface area contributed by atoms with E-state index in [4.69, 9.17) is 11.6 Å². The van der Waals surface area contributed by atoms with Gasteiger partial charge in [0.2, 0.25) is 0 Å². The van der Waals surface area contributed by atoms with Crippen molar-refractivity contribution in [3.8, 4) is 0 Å². The molecular weight excluding hydrogens is 389 g/mol. The van der Waals surface area contributed by atoms with E-state index in [-0.39, 0.29) is 16.4 Å². The fourth-order valence-corrected chi connectivity index (χ4v) is 3.19. The zero-order valence-electron chi connectivity index (χ0n) is 15.3. The van der Waals surface area contributed by atoms with Crippen LogP contribution in [0.3, 0.4) is 0 Å². The van der Waals surface area contributed by atoms with Crippen molar-refractivity contribution in [3.63, 3.8) is 0 Å². The molecule has 0 spiro atoms. The molecule has 0 bridgehead atoms. The Morgan fingerprint density at radius 2 is 1.68 bits per heavy atom. The summed E-state index contributed by atoms with van der Waals surface area (Å²) in [6, 6.07) is 10.3. The number of carbonyl (C=O) groups is 1. The lowest BCUT2D eigenvalue weighted by atomic mass is 10.1. The standard InChI is InChI=1S/C21H20ClF3N2O/c1-26-10-12-27(13-11-26)18-6-2-15(3-7-18)20(28)9-4-16-14-17(21(23,24)25)5-8-19(16)22/h2-9,14H,10-13H2,1H3/b9-4+. The van der Waals surface area contributed by atoms with E-state index in [2.05, 4.69) is 16.8 Å². The largest absolute Gasteiger partial charge is 0.416 e. The molecule has 0 amide bonds. The van der Waals surface area contributed by atoms with Gasteiger partial charge >= 0.3 is 6.18 Å². The monoisotopic (exact) mass is 408 g/mol. The fraction of sp³-hybridized carbons (Fsp3) is 0.286. The minimum absolute atomic E-state index is 0.152. The molecule has 2 aromatic rings. The van der Waals surface area contributed by atoms with E-state index in [1.807, 2.05) is 12.1 Å². The van der Waals surface area contributed by atoms with Crippen molar-refractivity contribution < 1.29 is 18.0 Å². The summed E-state index contributed by atoms with van der Waals surface area (Å²) in [5.41, 5.74) is 0.867. The maximum atomic E-state index is 12.8. The number of likely N-dealkylation sites (N-methyl/N-ethyl adjacent to an activating group) is 1. The van der Waals surface area contributed by atoms with E-state index in [0.717, 1.165) is 44.0 Å². The molecule has 0 saturated carbocycles. The number of hydrogen-bond donors (Lipinski definition) is 0. The van der Waals surface area contributed by atoms with E-state index < -0.39 is 11.7 Å². The van der Waals surface area contributed by atoms with Gasteiger partial charge in [-0.05, 0) is 67.2 Å². The molecule has 1 fully saturated rings. The van der Waals surface area contributed by atoms with Gasteiger partial charge in [0.15, 0.2) is 5.78 Å². The van der Waals surface area contributed by atoms with Crippen LogP contribution in [0.15, 0.2) is 48.5 Å². The highest BCUT2D eigenvalue weighted by Crippen LogP contribution is 2.32. The Balaban J connectivity index is 1.71. The van der Waals surface area contributed by atoms with E-state index in [9.17, 15) is 18.0 Å². The molecule has 1 heterocycles. The number of halogens is 4. The number of carbonyl (C=O) groups excluding carboxylic acids is 1. The normalized spacial score (nSPS) is 16.0. The molecule has 0 aromatic heterocycles. The summed E-state index contributed by atoms with van der Waals surface area (Å²) in [5.74, 6) is -0.293. The molecule has 1 saturated heterocycles. The number of nitrogens with zero attached hydrogens (tertiary/aromatic N) is 2. The fourth-order valence-electron chi connectivity index (χ4n) is 3.01. The second-order valence-corrected chi connectivity index (χ2v) is 7.18. The van der Waals surface area contributed by atoms with Crippen molar-refractivity contribution >= 4 is 29.1 Å². The number of benzene rings is 2. The Labute approximate surface area is 167 Å². The molecule has 7 heteroatoms. The minimum atomic E-state index is -4.46. The van der Waals surface area contributed by atoms with Crippen LogP contribution in [0.2, 0.25) is 5.02 Å². The van der Waals surface area contributed by atoms with Gasteiger partial charge in [-0.2, -0.15) is 13.2 Å². The quantitative estimate of drug-likeness (QED) is 0.525. The van der Waals surface area contributed by atoms with Crippen LogP contribution in [0.5, 0.6) is 0 Å². The van der Waals surface area contributed by atoms with Crippen LogP contribution < -0.4 is 4.90 Å². The third-order valence-electron chi connectivity index (χ3n) is 4.76. The van der Waals surface area contributed by atoms with Crippen LogP contribution in [-0.4, -0.2) is 43.9 Å². The van der Waals surface area contributed by atoms with Crippen molar-refractivity contribution in [1.82, 2.24) is 4.90 Å². The van der Waals surface area contributed by atoms with Gasteiger partial charge in [0.25, 0.3) is 0 Å². The van der Waals surface area contributed by atoms with Gasteiger partial charge in [0.05, 0.1) is 5.56 Å². The maximum absolute atomic E-state index is 12.8. The van der Waals surface area contributed by atoms with Gasteiger partial charge in [0.1, 0.15) is 0 Å². The number of anilines is 1. The lowest BCUT2D eigenvalue weighted by Crippen LogP contribution is -2.44.